The van der Waals surface area contributed by atoms with Crippen molar-refractivity contribution in [3.63, 3.8) is 0 Å². The first-order valence-electron chi connectivity index (χ1n) is 5.34. The van der Waals surface area contributed by atoms with Gasteiger partial charge in [-0.3, -0.25) is 0 Å². The summed E-state index contributed by atoms with van der Waals surface area (Å²) < 4.78 is 6.76. The van der Waals surface area contributed by atoms with E-state index in [1.165, 1.54) is 0 Å². The summed E-state index contributed by atoms with van der Waals surface area (Å²) in [5.41, 5.74) is 1.09. The molecule has 0 fully saturated rings. The van der Waals surface area contributed by atoms with Crippen molar-refractivity contribution in [2.45, 2.75) is 12.3 Å². The largest absolute Gasteiger partial charge is 0.463 e. The number of furan rings is 1. The van der Waals surface area contributed by atoms with E-state index in [0.29, 0.717) is 6.54 Å². The van der Waals surface area contributed by atoms with Crippen LogP contribution in [0.1, 0.15) is 11.5 Å². The number of anilines is 1. The molecule has 0 aliphatic carbocycles. The third-order valence-corrected chi connectivity index (χ3v) is 3.36. The molecule has 90 valence electrons. The maximum Gasteiger partial charge on any atom is 0.123 e. The van der Waals surface area contributed by atoms with Gasteiger partial charge in [-0.05, 0) is 36.6 Å². The molecule has 0 amide bonds. The van der Waals surface area contributed by atoms with Crippen molar-refractivity contribution in [1.29, 1.82) is 0 Å². The molecule has 0 saturated carbocycles. The maximum absolute atomic E-state index is 5.68. The third-order valence-electron chi connectivity index (χ3n) is 2.30. The highest BCUT2D eigenvalue weighted by Gasteiger charge is 2.01. The van der Waals surface area contributed by atoms with Crippen LogP contribution in [0.15, 0.2) is 45.3 Å². The second-order valence-corrected chi connectivity index (χ2v) is 5.45. The lowest BCUT2D eigenvalue weighted by Gasteiger charge is -2.04. The van der Waals surface area contributed by atoms with Gasteiger partial charge < -0.3 is 9.73 Å². The standard InChI is InChI=1S/C13H14BrNOS/c1-17-9-13-6-5-12(16-13)8-15-11-4-2-3-10(14)7-11/h2-7,15H,8-9H2,1H3. The van der Waals surface area contributed by atoms with Crippen LogP contribution >= 0.6 is 27.7 Å². The first-order valence-corrected chi connectivity index (χ1v) is 7.52. The van der Waals surface area contributed by atoms with Crippen molar-refractivity contribution in [3.8, 4) is 0 Å². The van der Waals surface area contributed by atoms with Gasteiger partial charge in [0.15, 0.2) is 0 Å². The monoisotopic (exact) mass is 311 g/mol. The molecular formula is C13H14BrNOS. The Balaban J connectivity index is 1.93. The summed E-state index contributed by atoms with van der Waals surface area (Å²) in [6, 6.07) is 12.2. The highest BCUT2D eigenvalue weighted by atomic mass is 79.9. The zero-order valence-corrected chi connectivity index (χ0v) is 12.0. The Morgan fingerprint density at radius 1 is 1.24 bits per heavy atom. The Kier molecular flexibility index (Phi) is 4.57. The van der Waals surface area contributed by atoms with E-state index in [0.717, 1.165) is 27.4 Å². The fourth-order valence-corrected chi connectivity index (χ4v) is 2.36. The highest BCUT2D eigenvalue weighted by Crippen LogP contribution is 2.18. The van der Waals surface area contributed by atoms with Gasteiger partial charge in [0.05, 0.1) is 12.3 Å². The fraction of sp³-hybridized carbons (Fsp3) is 0.231. The molecule has 0 unspecified atom stereocenters. The molecule has 0 saturated heterocycles. The maximum atomic E-state index is 5.68. The molecular weight excluding hydrogens is 298 g/mol. The van der Waals surface area contributed by atoms with E-state index >= 15 is 0 Å². The zero-order valence-electron chi connectivity index (χ0n) is 9.57. The zero-order chi connectivity index (χ0) is 12.1. The molecule has 2 rings (SSSR count). The van der Waals surface area contributed by atoms with Gasteiger partial charge in [-0.15, -0.1) is 0 Å². The second-order valence-electron chi connectivity index (χ2n) is 3.66. The minimum Gasteiger partial charge on any atom is -0.463 e. The van der Waals surface area contributed by atoms with E-state index in [4.69, 9.17) is 4.42 Å². The lowest BCUT2D eigenvalue weighted by atomic mass is 10.3. The Bertz CT molecular complexity index is 484. The average molecular weight is 312 g/mol. The van der Waals surface area contributed by atoms with E-state index in [-0.39, 0.29) is 0 Å². The predicted molar refractivity (Wildman–Crippen MR) is 77.4 cm³/mol. The van der Waals surface area contributed by atoms with Gasteiger partial charge in [0, 0.05) is 10.2 Å². The predicted octanol–water partition coefficient (Wildman–Crippen LogP) is 4.52. The molecule has 0 radical (unpaired) electrons. The van der Waals surface area contributed by atoms with Crippen molar-refractivity contribution in [2.24, 2.45) is 0 Å². The number of nitrogens with one attached hydrogen (secondary N) is 1. The summed E-state index contributed by atoms with van der Waals surface area (Å²) in [7, 11) is 0. The van der Waals surface area contributed by atoms with E-state index in [1.54, 1.807) is 11.8 Å². The van der Waals surface area contributed by atoms with Crippen LogP contribution in [0.4, 0.5) is 5.69 Å². The van der Waals surface area contributed by atoms with Crippen molar-refractivity contribution < 1.29 is 4.42 Å². The number of benzene rings is 1. The Morgan fingerprint density at radius 2 is 2.06 bits per heavy atom. The summed E-state index contributed by atoms with van der Waals surface area (Å²) in [5, 5.41) is 3.33. The Labute approximate surface area is 114 Å². The smallest absolute Gasteiger partial charge is 0.123 e. The van der Waals surface area contributed by atoms with E-state index < -0.39 is 0 Å². The van der Waals surface area contributed by atoms with Crippen LogP contribution in [-0.4, -0.2) is 6.26 Å². The lowest BCUT2D eigenvalue weighted by Crippen LogP contribution is -1.97. The van der Waals surface area contributed by atoms with Crippen molar-refractivity contribution in [2.75, 3.05) is 11.6 Å². The van der Waals surface area contributed by atoms with Crippen LogP contribution in [0.3, 0.4) is 0 Å². The summed E-state index contributed by atoms with van der Waals surface area (Å²) in [6.07, 6.45) is 2.07. The number of rotatable bonds is 5. The Hall–Kier alpha value is -0.870. The van der Waals surface area contributed by atoms with Gasteiger partial charge >= 0.3 is 0 Å². The fourth-order valence-electron chi connectivity index (χ4n) is 1.52. The topological polar surface area (TPSA) is 25.2 Å². The summed E-state index contributed by atoms with van der Waals surface area (Å²) in [5.74, 6) is 2.93. The molecule has 17 heavy (non-hydrogen) atoms. The van der Waals surface area contributed by atoms with Crippen LogP contribution in [0.5, 0.6) is 0 Å². The molecule has 0 atom stereocenters. The van der Waals surface area contributed by atoms with E-state index in [1.807, 2.05) is 36.4 Å². The van der Waals surface area contributed by atoms with Crippen LogP contribution < -0.4 is 5.32 Å². The van der Waals surface area contributed by atoms with Gasteiger partial charge in [0.2, 0.25) is 0 Å². The molecule has 1 N–H and O–H groups in total. The van der Waals surface area contributed by atoms with Crippen LogP contribution in [0.2, 0.25) is 0 Å². The van der Waals surface area contributed by atoms with Crippen molar-refractivity contribution in [3.05, 3.63) is 52.4 Å². The van der Waals surface area contributed by atoms with Crippen molar-refractivity contribution >= 4 is 33.4 Å². The molecule has 0 bridgehead atoms. The number of halogens is 1. The average Bonchev–Trinajstić information content (AvgIpc) is 2.75. The third kappa shape index (κ3) is 3.82. The molecule has 1 aromatic heterocycles. The molecule has 1 heterocycles. The van der Waals surface area contributed by atoms with Crippen molar-refractivity contribution in [1.82, 2.24) is 0 Å². The van der Waals surface area contributed by atoms with Gasteiger partial charge in [0.25, 0.3) is 0 Å². The molecule has 4 heteroatoms. The minimum atomic E-state index is 0.713. The summed E-state index contributed by atoms with van der Waals surface area (Å²) in [4.78, 5) is 0. The van der Waals surface area contributed by atoms with Gasteiger partial charge in [-0.25, -0.2) is 0 Å². The number of hydrogen-bond donors (Lipinski definition) is 1. The lowest BCUT2D eigenvalue weighted by molar-refractivity contribution is 0.487. The van der Waals surface area contributed by atoms with Crippen LogP contribution in [0.25, 0.3) is 0 Å². The van der Waals surface area contributed by atoms with Gasteiger partial charge in [-0.1, -0.05) is 22.0 Å². The number of thioether (sulfide) groups is 1. The number of hydrogen-bond acceptors (Lipinski definition) is 3. The normalized spacial score (nSPS) is 10.5. The molecule has 0 aliphatic heterocycles. The Morgan fingerprint density at radius 3 is 2.82 bits per heavy atom. The molecule has 2 aromatic rings. The van der Waals surface area contributed by atoms with Crippen LogP contribution in [0, 0.1) is 0 Å². The first-order chi connectivity index (χ1) is 8.28. The van der Waals surface area contributed by atoms with Gasteiger partial charge in [0.1, 0.15) is 11.5 Å². The van der Waals surface area contributed by atoms with E-state index in [9.17, 15) is 0 Å². The van der Waals surface area contributed by atoms with Crippen LogP contribution in [-0.2, 0) is 12.3 Å². The second kappa shape index (κ2) is 6.17. The highest BCUT2D eigenvalue weighted by molar-refractivity contribution is 9.10. The minimum absolute atomic E-state index is 0.713. The molecule has 2 nitrogen and oxygen atoms in total. The molecule has 1 aromatic carbocycles. The first kappa shape index (κ1) is 12.6. The molecule has 0 spiro atoms. The van der Waals surface area contributed by atoms with Gasteiger partial charge in [-0.2, -0.15) is 11.8 Å². The summed E-state index contributed by atoms with van der Waals surface area (Å²) in [6.45, 7) is 0.713. The quantitative estimate of drug-likeness (QED) is 0.879. The summed E-state index contributed by atoms with van der Waals surface area (Å²) >= 11 is 5.21. The molecule has 0 aliphatic rings. The SMILES string of the molecule is CSCc1ccc(CNc2cccc(Br)c2)o1. The van der Waals surface area contributed by atoms with E-state index in [2.05, 4.69) is 27.5 Å².